The molecule has 0 saturated carbocycles. The molecule has 0 unspecified atom stereocenters. The van der Waals surface area contributed by atoms with Crippen molar-refractivity contribution >= 4 is 15.6 Å². The van der Waals surface area contributed by atoms with Crippen LogP contribution in [0.1, 0.15) is 4.28 Å². The van der Waals surface area contributed by atoms with Crippen LogP contribution in [-0.2, 0) is 112 Å². The minimum atomic E-state index is -5.39. The van der Waals surface area contributed by atoms with Gasteiger partial charge in [-0.05, 0) is 0 Å². The molecule has 0 aliphatic heterocycles. The van der Waals surface area contributed by atoms with Crippen LogP contribution >= 0.6 is 15.6 Å². The summed E-state index contributed by atoms with van der Waals surface area (Å²) >= 11 is 0. The Bertz CT molecular complexity index is 165. The third-order valence-corrected chi connectivity index (χ3v) is 0. The minimum Gasteiger partial charge on any atom is -1.00 e. The second-order valence-corrected chi connectivity index (χ2v) is 2.68. The van der Waals surface area contributed by atoms with Gasteiger partial charge in [-0.15, -0.1) is 0 Å². The van der Waals surface area contributed by atoms with E-state index in [0.29, 0.717) is 0 Å². The third-order valence-electron chi connectivity index (χ3n) is 0. The first-order chi connectivity index (χ1) is 4.00. The van der Waals surface area contributed by atoms with Gasteiger partial charge in [0, 0.05) is 51.2 Å². The molecule has 0 aliphatic rings. The van der Waals surface area contributed by atoms with Crippen molar-refractivity contribution in [3.8, 4) is 0 Å². The SMILES string of the molecule is O=P([O-])([O-])[O-].O=P([O-])([O-])[O-].[Fe].[Fe].[Fe].[H-].[H-].[H-].[Li+].[Li+].[Li+].[Mn+2].[Mn+2].[Mn+2]. The molecule has 3 radical (unpaired) electrons. The van der Waals surface area contributed by atoms with Gasteiger partial charge in [0.1, 0.15) is 0 Å². The van der Waals surface area contributed by atoms with Crippen LogP contribution in [0.5, 0.6) is 0 Å². The molecule has 0 aliphatic carbocycles. The van der Waals surface area contributed by atoms with Crippen molar-refractivity contribution in [2.45, 2.75) is 0 Å². The molecule has 0 N–H and O–H groups in total. The van der Waals surface area contributed by atoms with E-state index in [2.05, 4.69) is 0 Å². The van der Waals surface area contributed by atoms with Crippen molar-refractivity contribution in [3.05, 3.63) is 0 Å². The summed E-state index contributed by atoms with van der Waals surface area (Å²) < 4.78 is 17.1. The maximum atomic E-state index is 8.55. The molecule has 109 valence electrons. The normalized spacial score (nSPS) is 6.21. The van der Waals surface area contributed by atoms with Gasteiger partial charge in [0.15, 0.2) is 0 Å². The van der Waals surface area contributed by atoms with Gasteiger partial charge in [0.2, 0.25) is 0 Å². The van der Waals surface area contributed by atoms with Gasteiger partial charge in [0.05, 0.1) is 0 Å². The fraction of sp³-hybridized carbons (Fsp3) is 0. The average Bonchev–Trinajstić information content (AvgIpc) is 1.12. The van der Waals surface area contributed by atoms with E-state index < -0.39 is 15.6 Å². The fourth-order valence-corrected chi connectivity index (χ4v) is 0. The first-order valence-electron chi connectivity index (χ1n) is 1.46. The zero-order chi connectivity index (χ0) is 9.00. The first-order valence-corrected chi connectivity index (χ1v) is 4.38. The van der Waals surface area contributed by atoms with Crippen LogP contribution in [0, 0.1) is 0 Å². The van der Waals surface area contributed by atoms with Crippen molar-refractivity contribution in [1.29, 1.82) is 0 Å². The quantitative estimate of drug-likeness (QED) is 0.213. The largest absolute Gasteiger partial charge is 2.00 e. The maximum Gasteiger partial charge on any atom is 2.00 e. The van der Waals surface area contributed by atoms with Crippen LogP contribution < -0.4 is 85.9 Å². The van der Waals surface area contributed by atoms with Crippen molar-refractivity contribution in [3.63, 3.8) is 0 Å². The fourth-order valence-electron chi connectivity index (χ4n) is 0. The summed E-state index contributed by atoms with van der Waals surface area (Å²) in [6.45, 7) is 0. The summed E-state index contributed by atoms with van der Waals surface area (Å²) in [4.78, 5) is 51.3. The van der Waals surface area contributed by atoms with Gasteiger partial charge >= 0.3 is 108 Å². The van der Waals surface area contributed by atoms with Gasteiger partial charge in [-0.1, -0.05) is 0 Å². The van der Waals surface area contributed by atoms with Crippen LogP contribution in [-0.4, -0.2) is 0 Å². The Kier molecular flexibility index (Phi) is 152. The first kappa shape index (κ1) is 74.9. The van der Waals surface area contributed by atoms with Crippen LogP contribution in [0.3, 0.4) is 0 Å². The Morgan fingerprint density at radius 3 is 0.526 bits per heavy atom. The van der Waals surface area contributed by atoms with E-state index >= 15 is 0 Å². The van der Waals surface area contributed by atoms with E-state index in [1.54, 1.807) is 0 Å². The Morgan fingerprint density at radius 1 is 0.526 bits per heavy atom. The molecule has 0 fully saturated rings. The number of phosphoric acid groups is 2. The van der Waals surface area contributed by atoms with Crippen molar-refractivity contribution in [2.75, 3.05) is 0 Å². The van der Waals surface area contributed by atoms with E-state index in [1.807, 2.05) is 0 Å². The Morgan fingerprint density at radius 2 is 0.526 bits per heavy atom. The zero-order valence-corrected chi connectivity index (χ0v) is 18.0. The molecule has 0 saturated heterocycles. The van der Waals surface area contributed by atoms with Crippen LogP contribution in [0.25, 0.3) is 0 Å². The molecule has 19 heteroatoms. The second-order valence-electron chi connectivity index (χ2n) is 0.894. The molecule has 0 aromatic rings. The van der Waals surface area contributed by atoms with Crippen LogP contribution in [0.15, 0.2) is 0 Å². The summed E-state index contributed by atoms with van der Waals surface area (Å²) in [6, 6.07) is 0. The molecule has 19 heavy (non-hydrogen) atoms. The Hall–Kier alpha value is 5.13. The average molecular weight is 546 g/mol. The standard InChI is InChI=1S/3Fe.3Li.3Mn.2H3O4P.3H/c;;;;;;;;;2*1-5(2,3)4;;;/h;;;;;;;;;2*(H3,1,2,3,4);;;/q;;;3*+1;3*+2;;;3*-1/p-6. The zero-order valence-electron chi connectivity index (χ0n) is 12.4. The van der Waals surface area contributed by atoms with Gasteiger partial charge in [-0.2, -0.15) is 15.6 Å². The van der Waals surface area contributed by atoms with Gasteiger partial charge in [-0.25, -0.2) is 0 Å². The number of hydrogen-bond acceptors (Lipinski definition) is 8. The predicted octanol–water partition coefficient (Wildman–Crippen LogP) is -14.3. The molecule has 0 bridgehead atoms. The molecule has 0 amide bonds. The minimum absolute atomic E-state index is 0. The van der Waals surface area contributed by atoms with Gasteiger partial charge < -0.3 is 42.8 Å². The monoisotopic (exact) mass is 547 g/mol. The Labute approximate surface area is 214 Å². The molecule has 0 atom stereocenters. The van der Waals surface area contributed by atoms with E-state index in [4.69, 9.17) is 38.5 Å². The second kappa shape index (κ2) is 38.6. The smallest absolute Gasteiger partial charge is 1.00 e. The molecule has 0 aromatic carbocycles. The van der Waals surface area contributed by atoms with Gasteiger partial charge in [-0.3, -0.25) is 0 Å². The maximum absolute atomic E-state index is 8.55. The van der Waals surface area contributed by atoms with E-state index in [1.165, 1.54) is 0 Å². The molecule has 8 nitrogen and oxygen atoms in total. The van der Waals surface area contributed by atoms with E-state index in [0.717, 1.165) is 0 Å². The summed E-state index contributed by atoms with van der Waals surface area (Å²) in [5.41, 5.74) is 0. The van der Waals surface area contributed by atoms with Crippen molar-refractivity contribution < 1.29 is 202 Å². The number of hydrogen-bond donors (Lipinski definition) is 0. The predicted molar refractivity (Wildman–Crippen MR) is 18.5 cm³/mol. The third kappa shape index (κ3) is 392. The van der Waals surface area contributed by atoms with Crippen LogP contribution in [0.4, 0.5) is 0 Å². The van der Waals surface area contributed by atoms with Crippen molar-refractivity contribution in [1.82, 2.24) is 0 Å². The summed E-state index contributed by atoms with van der Waals surface area (Å²) in [7, 11) is -10.8. The molecule has 0 rings (SSSR count). The molecular formula is H3Fe3Li3Mn3O8P2. The molecule has 0 aromatic heterocycles. The summed E-state index contributed by atoms with van der Waals surface area (Å²) in [5.74, 6) is 0. The molecular weight excluding hydrogens is 543 g/mol. The number of rotatable bonds is 0. The summed E-state index contributed by atoms with van der Waals surface area (Å²) in [5, 5.41) is 0. The topological polar surface area (TPSA) is 172 Å². The van der Waals surface area contributed by atoms with E-state index in [9.17, 15) is 0 Å². The molecule has 0 heterocycles. The van der Waals surface area contributed by atoms with Crippen molar-refractivity contribution in [2.24, 2.45) is 0 Å². The van der Waals surface area contributed by atoms with Gasteiger partial charge in [0.25, 0.3) is 0 Å². The molecule has 0 spiro atoms. The van der Waals surface area contributed by atoms with E-state index in [-0.39, 0.29) is 163 Å². The summed E-state index contributed by atoms with van der Waals surface area (Å²) in [6.07, 6.45) is 0. The Balaban J connectivity index is -0.00000000314. The van der Waals surface area contributed by atoms with Crippen LogP contribution in [0.2, 0.25) is 0 Å².